The molecule has 2 aliphatic rings. The molecule has 1 aromatic rings. The first-order valence-corrected chi connectivity index (χ1v) is 6.09. The van der Waals surface area contributed by atoms with Gasteiger partial charge in [-0.05, 0) is 18.1 Å². The van der Waals surface area contributed by atoms with Gasteiger partial charge in [0.15, 0.2) is 11.5 Å². The van der Waals surface area contributed by atoms with Gasteiger partial charge in [0, 0.05) is 23.9 Å². The number of hydrogen-bond donors (Lipinski definition) is 2. The molecule has 0 bridgehead atoms. The molecular formula is C12H14ClNO3. The number of benzene rings is 1. The van der Waals surface area contributed by atoms with E-state index >= 15 is 0 Å². The van der Waals surface area contributed by atoms with Gasteiger partial charge < -0.3 is 20.3 Å². The van der Waals surface area contributed by atoms with Crippen molar-refractivity contribution < 1.29 is 14.6 Å². The molecule has 5 heteroatoms. The number of halogens is 1. The summed E-state index contributed by atoms with van der Waals surface area (Å²) in [5, 5.41) is 9.57. The molecule has 3 rings (SSSR count). The molecule has 92 valence electrons. The quantitative estimate of drug-likeness (QED) is 0.848. The molecule has 0 radical (unpaired) electrons. The molecule has 1 aromatic carbocycles. The van der Waals surface area contributed by atoms with Gasteiger partial charge in [-0.3, -0.25) is 0 Å². The second-order valence-corrected chi connectivity index (χ2v) is 4.99. The van der Waals surface area contributed by atoms with Crippen LogP contribution in [0, 0.1) is 0 Å². The molecule has 1 spiro atoms. The number of rotatable bonds is 2. The summed E-state index contributed by atoms with van der Waals surface area (Å²) in [6.45, 7) is -0.148. The third kappa shape index (κ3) is 1.68. The summed E-state index contributed by atoms with van der Waals surface area (Å²) in [6.07, 6.45) is 2.92. The number of aliphatic hydroxyl groups excluding tert-OH is 1. The Bertz CT molecular complexity index is 459. The lowest BCUT2D eigenvalue weighted by atomic mass is 9.91. The van der Waals surface area contributed by atoms with Crippen molar-refractivity contribution in [1.82, 2.24) is 0 Å². The topological polar surface area (TPSA) is 64.7 Å². The third-order valence-corrected chi connectivity index (χ3v) is 3.69. The van der Waals surface area contributed by atoms with E-state index in [0.29, 0.717) is 22.1 Å². The van der Waals surface area contributed by atoms with E-state index in [9.17, 15) is 0 Å². The van der Waals surface area contributed by atoms with Gasteiger partial charge in [0.25, 0.3) is 5.79 Å². The first-order chi connectivity index (χ1) is 8.13. The van der Waals surface area contributed by atoms with Crippen molar-refractivity contribution in [2.45, 2.75) is 31.1 Å². The van der Waals surface area contributed by atoms with Crippen molar-refractivity contribution in [1.29, 1.82) is 0 Å². The van der Waals surface area contributed by atoms with Gasteiger partial charge in [0.2, 0.25) is 0 Å². The zero-order chi connectivity index (χ0) is 12.0. The van der Waals surface area contributed by atoms with Crippen LogP contribution in [0.1, 0.15) is 30.9 Å². The van der Waals surface area contributed by atoms with Crippen molar-refractivity contribution >= 4 is 11.6 Å². The van der Waals surface area contributed by atoms with Crippen LogP contribution in [0.5, 0.6) is 11.5 Å². The van der Waals surface area contributed by atoms with E-state index < -0.39 is 11.8 Å². The molecule has 1 heterocycles. The Labute approximate surface area is 104 Å². The largest absolute Gasteiger partial charge is 0.448 e. The van der Waals surface area contributed by atoms with Crippen LogP contribution >= 0.6 is 11.6 Å². The maximum absolute atomic E-state index is 9.07. The zero-order valence-electron chi connectivity index (χ0n) is 9.28. The Kier molecular flexibility index (Phi) is 2.47. The minimum Gasteiger partial charge on any atom is -0.448 e. The molecule has 1 atom stereocenters. The molecule has 3 N–H and O–H groups in total. The van der Waals surface area contributed by atoms with Gasteiger partial charge in [-0.15, -0.1) is 0 Å². The molecule has 0 aromatic heterocycles. The van der Waals surface area contributed by atoms with Crippen molar-refractivity contribution in [3.63, 3.8) is 0 Å². The van der Waals surface area contributed by atoms with Crippen molar-refractivity contribution in [3.8, 4) is 11.5 Å². The molecule has 1 aliphatic heterocycles. The summed E-state index contributed by atoms with van der Waals surface area (Å²) >= 11 is 6.11. The third-order valence-electron chi connectivity index (χ3n) is 3.37. The summed E-state index contributed by atoms with van der Waals surface area (Å²) in [4.78, 5) is 0. The average Bonchev–Trinajstić information content (AvgIpc) is 2.65. The Morgan fingerprint density at radius 3 is 2.53 bits per heavy atom. The molecule has 0 saturated heterocycles. The lowest BCUT2D eigenvalue weighted by molar-refractivity contribution is -0.138. The molecule has 4 nitrogen and oxygen atoms in total. The summed E-state index contributed by atoms with van der Waals surface area (Å²) in [5.41, 5.74) is 6.46. The molecule has 1 unspecified atom stereocenters. The highest BCUT2D eigenvalue weighted by Gasteiger charge is 2.47. The minimum absolute atomic E-state index is 0.148. The average molecular weight is 256 g/mol. The minimum atomic E-state index is -0.491. The zero-order valence-corrected chi connectivity index (χ0v) is 10.0. The number of nitrogens with two attached hydrogens (primary N) is 1. The Balaban J connectivity index is 1.95. The van der Waals surface area contributed by atoms with Crippen molar-refractivity contribution in [2.24, 2.45) is 5.73 Å². The van der Waals surface area contributed by atoms with E-state index in [4.69, 9.17) is 31.9 Å². The van der Waals surface area contributed by atoms with Crippen LogP contribution in [0.4, 0.5) is 0 Å². The second-order valence-electron chi connectivity index (χ2n) is 4.58. The lowest BCUT2D eigenvalue weighted by Crippen LogP contribution is -2.45. The smallest absolute Gasteiger partial charge is 0.251 e. The highest BCUT2D eigenvalue weighted by Crippen LogP contribution is 2.50. The molecule has 1 saturated carbocycles. The summed E-state index contributed by atoms with van der Waals surface area (Å²) in [7, 11) is 0. The number of ether oxygens (including phenoxy) is 2. The first kappa shape index (κ1) is 11.1. The molecule has 17 heavy (non-hydrogen) atoms. The second kappa shape index (κ2) is 3.77. The van der Waals surface area contributed by atoms with Crippen LogP contribution < -0.4 is 15.2 Å². The predicted molar refractivity (Wildman–Crippen MR) is 63.3 cm³/mol. The number of aliphatic hydroxyl groups is 1. The fourth-order valence-corrected chi connectivity index (χ4v) is 2.48. The summed E-state index contributed by atoms with van der Waals surface area (Å²) < 4.78 is 11.6. The molecule has 1 fully saturated rings. The normalized spacial score (nSPS) is 21.4. The van der Waals surface area contributed by atoms with E-state index in [1.807, 2.05) is 0 Å². The van der Waals surface area contributed by atoms with Gasteiger partial charge in [-0.25, -0.2) is 0 Å². The van der Waals surface area contributed by atoms with Crippen LogP contribution in [-0.2, 0) is 0 Å². The van der Waals surface area contributed by atoms with E-state index in [-0.39, 0.29) is 6.61 Å². The Morgan fingerprint density at radius 2 is 2.00 bits per heavy atom. The molecule has 1 aliphatic carbocycles. The summed E-state index contributed by atoms with van der Waals surface area (Å²) in [6, 6.07) is 3.00. The van der Waals surface area contributed by atoms with Gasteiger partial charge in [0.05, 0.1) is 12.6 Å². The maximum Gasteiger partial charge on any atom is 0.251 e. The van der Waals surface area contributed by atoms with Crippen LogP contribution in [0.3, 0.4) is 0 Å². The predicted octanol–water partition coefficient (Wildman–Crippen LogP) is 1.98. The standard InChI is InChI=1S/C12H14ClNO3/c13-8-5-11-10(4-7(8)9(14)6-15)16-12(17-11)2-1-3-12/h4-5,9,15H,1-3,6,14H2. The van der Waals surface area contributed by atoms with Crippen LogP contribution in [-0.4, -0.2) is 17.5 Å². The SMILES string of the molecule is NC(CO)c1cc2c(cc1Cl)OC1(CCC1)O2. The highest BCUT2D eigenvalue weighted by molar-refractivity contribution is 6.31. The van der Waals surface area contributed by atoms with Crippen LogP contribution in [0.15, 0.2) is 12.1 Å². The van der Waals surface area contributed by atoms with E-state index in [2.05, 4.69) is 0 Å². The van der Waals surface area contributed by atoms with Crippen molar-refractivity contribution in [2.75, 3.05) is 6.61 Å². The monoisotopic (exact) mass is 255 g/mol. The van der Waals surface area contributed by atoms with Gasteiger partial charge >= 0.3 is 0 Å². The Hall–Kier alpha value is -0.970. The number of fused-ring (bicyclic) bond motifs is 1. The first-order valence-electron chi connectivity index (χ1n) is 5.71. The van der Waals surface area contributed by atoms with E-state index in [0.717, 1.165) is 19.3 Å². The maximum atomic E-state index is 9.07. The fraction of sp³-hybridized carbons (Fsp3) is 0.500. The van der Waals surface area contributed by atoms with Gasteiger partial charge in [0.1, 0.15) is 0 Å². The molecule has 0 amide bonds. The Morgan fingerprint density at radius 1 is 1.35 bits per heavy atom. The highest BCUT2D eigenvalue weighted by atomic mass is 35.5. The lowest BCUT2D eigenvalue weighted by Gasteiger charge is -2.35. The van der Waals surface area contributed by atoms with E-state index in [1.54, 1.807) is 12.1 Å². The summed E-state index contributed by atoms with van der Waals surface area (Å²) in [5.74, 6) is 0.879. The number of hydrogen-bond acceptors (Lipinski definition) is 4. The van der Waals surface area contributed by atoms with Crippen LogP contribution in [0.25, 0.3) is 0 Å². The van der Waals surface area contributed by atoms with Crippen LogP contribution in [0.2, 0.25) is 5.02 Å². The van der Waals surface area contributed by atoms with Gasteiger partial charge in [-0.1, -0.05) is 11.6 Å². The fourth-order valence-electron chi connectivity index (χ4n) is 2.18. The van der Waals surface area contributed by atoms with E-state index in [1.165, 1.54) is 0 Å². The van der Waals surface area contributed by atoms with Crippen molar-refractivity contribution in [3.05, 3.63) is 22.7 Å². The molecular weight excluding hydrogens is 242 g/mol. The van der Waals surface area contributed by atoms with Gasteiger partial charge in [-0.2, -0.15) is 0 Å².